The molecule has 0 saturated heterocycles. The molecule has 0 radical (unpaired) electrons. The Labute approximate surface area is 210 Å². The molecule has 1 N–H and O–H groups in total. The first-order valence-electron chi connectivity index (χ1n) is 11.3. The van der Waals surface area contributed by atoms with E-state index >= 15 is 0 Å². The molecule has 0 aliphatic heterocycles. The molecule has 1 aromatic carbocycles. The lowest BCUT2D eigenvalue weighted by molar-refractivity contribution is -0.138. The molecule has 0 saturated carbocycles. The molecule has 0 bridgehead atoms. The summed E-state index contributed by atoms with van der Waals surface area (Å²) in [6, 6.07) is 12.0. The normalized spacial score (nSPS) is 11.7. The number of anilines is 1. The van der Waals surface area contributed by atoms with Crippen LogP contribution in [0.2, 0.25) is 0 Å². The van der Waals surface area contributed by atoms with Gasteiger partial charge in [0.25, 0.3) is 0 Å². The van der Waals surface area contributed by atoms with Gasteiger partial charge in [0.05, 0.1) is 12.9 Å². The first-order chi connectivity index (χ1) is 16.8. The summed E-state index contributed by atoms with van der Waals surface area (Å²) in [7, 11) is 1.59. The number of pyridine rings is 1. The van der Waals surface area contributed by atoms with E-state index in [1.54, 1.807) is 48.7 Å². The second kappa shape index (κ2) is 12.3. The van der Waals surface area contributed by atoms with Gasteiger partial charge in [0, 0.05) is 36.0 Å². The summed E-state index contributed by atoms with van der Waals surface area (Å²) in [4.78, 5) is 41.6. The number of nitrogens with one attached hydrogen (secondary N) is 1. The minimum absolute atomic E-state index is 0.113. The summed E-state index contributed by atoms with van der Waals surface area (Å²) in [5.74, 6) is 0.251. The van der Waals surface area contributed by atoms with Gasteiger partial charge in [-0.3, -0.25) is 14.6 Å². The number of hydrogen-bond acceptors (Lipinski definition) is 7. The Morgan fingerprint density at radius 1 is 1.09 bits per heavy atom. The van der Waals surface area contributed by atoms with Crippen molar-refractivity contribution in [2.75, 3.05) is 18.2 Å². The highest BCUT2D eigenvalue weighted by Gasteiger charge is 2.33. The van der Waals surface area contributed by atoms with Crippen LogP contribution in [0.4, 0.5) is 5.69 Å². The molecule has 9 heteroatoms. The number of carbonyl (C=O) groups excluding carboxylic acids is 2. The van der Waals surface area contributed by atoms with Crippen LogP contribution in [0.25, 0.3) is 0 Å². The smallest absolute Gasteiger partial charge is 0.247 e. The van der Waals surface area contributed by atoms with E-state index < -0.39 is 6.04 Å². The van der Waals surface area contributed by atoms with Crippen molar-refractivity contribution in [1.82, 2.24) is 19.9 Å². The van der Waals surface area contributed by atoms with Gasteiger partial charge in [0.15, 0.2) is 5.16 Å². The van der Waals surface area contributed by atoms with Crippen molar-refractivity contribution in [3.8, 4) is 5.75 Å². The third kappa shape index (κ3) is 7.51. The number of benzene rings is 1. The molecule has 2 aromatic heterocycles. The number of aromatic nitrogens is 3. The first-order valence-corrected chi connectivity index (χ1v) is 12.3. The average Bonchev–Trinajstić information content (AvgIpc) is 2.82. The number of hydrogen-bond donors (Lipinski definition) is 1. The van der Waals surface area contributed by atoms with E-state index in [2.05, 4.69) is 20.3 Å². The van der Waals surface area contributed by atoms with Crippen molar-refractivity contribution >= 4 is 29.3 Å². The van der Waals surface area contributed by atoms with E-state index in [-0.39, 0.29) is 30.0 Å². The average molecular weight is 494 g/mol. The van der Waals surface area contributed by atoms with Crippen LogP contribution in [0.5, 0.6) is 5.75 Å². The van der Waals surface area contributed by atoms with E-state index in [9.17, 15) is 9.59 Å². The van der Waals surface area contributed by atoms with Gasteiger partial charge in [0.1, 0.15) is 11.8 Å². The SMILES string of the molecule is COc1ccc(NC(=O)[C@H](C(C)C)N(Cc2cccnc2)C(=O)CSc2nc(C)cc(C)n2)cc1. The van der Waals surface area contributed by atoms with Gasteiger partial charge in [-0.2, -0.15) is 0 Å². The summed E-state index contributed by atoms with van der Waals surface area (Å²) in [6.45, 7) is 7.92. The Balaban J connectivity index is 1.83. The van der Waals surface area contributed by atoms with E-state index in [1.807, 2.05) is 45.9 Å². The molecule has 0 spiro atoms. The number of methoxy groups -OCH3 is 1. The molecular weight excluding hydrogens is 462 g/mol. The van der Waals surface area contributed by atoms with Crippen LogP contribution in [0.1, 0.15) is 30.8 Å². The number of rotatable bonds is 10. The van der Waals surface area contributed by atoms with Gasteiger partial charge < -0.3 is 15.0 Å². The molecule has 3 aromatic rings. The van der Waals surface area contributed by atoms with Crippen LogP contribution in [-0.2, 0) is 16.1 Å². The van der Waals surface area contributed by atoms with Crippen LogP contribution < -0.4 is 10.1 Å². The fourth-order valence-corrected chi connectivity index (χ4v) is 4.53. The molecule has 35 heavy (non-hydrogen) atoms. The maximum absolute atomic E-state index is 13.5. The van der Waals surface area contributed by atoms with E-state index in [4.69, 9.17) is 4.74 Å². The van der Waals surface area contributed by atoms with Crippen LogP contribution in [-0.4, -0.2) is 50.6 Å². The topological polar surface area (TPSA) is 97.3 Å². The van der Waals surface area contributed by atoms with E-state index in [0.29, 0.717) is 16.6 Å². The summed E-state index contributed by atoms with van der Waals surface area (Å²) in [6.07, 6.45) is 3.39. The van der Waals surface area contributed by atoms with Crippen LogP contribution in [0.3, 0.4) is 0 Å². The van der Waals surface area contributed by atoms with E-state index in [0.717, 1.165) is 17.0 Å². The number of thioether (sulfide) groups is 1. The lowest BCUT2D eigenvalue weighted by Gasteiger charge is -2.33. The molecule has 0 unspecified atom stereocenters. The monoisotopic (exact) mass is 493 g/mol. The largest absolute Gasteiger partial charge is 0.497 e. The quantitative estimate of drug-likeness (QED) is 0.332. The molecule has 0 fully saturated rings. The van der Waals surface area contributed by atoms with Crippen molar-refractivity contribution in [2.45, 2.75) is 45.4 Å². The van der Waals surface area contributed by atoms with Crippen molar-refractivity contribution in [3.05, 3.63) is 71.8 Å². The molecule has 8 nitrogen and oxygen atoms in total. The van der Waals surface area contributed by atoms with Crippen LogP contribution >= 0.6 is 11.8 Å². The minimum Gasteiger partial charge on any atom is -0.497 e. The molecule has 1 atom stereocenters. The summed E-state index contributed by atoms with van der Waals surface area (Å²) >= 11 is 1.27. The van der Waals surface area contributed by atoms with Gasteiger partial charge in [-0.1, -0.05) is 31.7 Å². The second-order valence-corrected chi connectivity index (χ2v) is 9.45. The minimum atomic E-state index is -0.689. The summed E-state index contributed by atoms with van der Waals surface area (Å²) in [5, 5.41) is 3.49. The predicted octanol–water partition coefficient (Wildman–Crippen LogP) is 4.28. The number of ether oxygens (including phenoxy) is 1. The second-order valence-electron chi connectivity index (χ2n) is 8.51. The number of nitrogens with zero attached hydrogens (tertiary/aromatic N) is 4. The fraction of sp³-hybridized carbons (Fsp3) is 0.346. The Kier molecular flexibility index (Phi) is 9.19. The molecule has 0 aliphatic carbocycles. The molecule has 2 amide bonds. The van der Waals surface area contributed by atoms with E-state index in [1.165, 1.54) is 11.8 Å². The van der Waals surface area contributed by atoms with Gasteiger partial charge in [-0.05, 0) is 61.7 Å². The predicted molar refractivity (Wildman–Crippen MR) is 137 cm³/mol. The maximum Gasteiger partial charge on any atom is 0.247 e. The molecule has 3 rings (SSSR count). The lowest BCUT2D eigenvalue weighted by Crippen LogP contribution is -2.50. The third-order valence-electron chi connectivity index (χ3n) is 5.28. The lowest BCUT2D eigenvalue weighted by atomic mass is 10.0. The summed E-state index contributed by atoms with van der Waals surface area (Å²) < 4.78 is 5.19. The van der Waals surface area contributed by atoms with Crippen molar-refractivity contribution in [3.63, 3.8) is 0 Å². The Morgan fingerprint density at radius 2 is 1.77 bits per heavy atom. The molecule has 0 aliphatic rings. The fourth-order valence-electron chi connectivity index (χ4n) is 3.69. The Bertz CT molecular complexity index is 1120. The summed E-state index contributed by atoms with van der Waals surface area (Å²) in [5.41, 5.74) is 3.17. The van der Waals surface area contributed by atoms with Crippen LogP contribution in [0, 0.1) is 19.8 Å². The number of carbonyl (C=O) groups is 2. The third-order valence-corrected chi connectivity index (χ3v) is 6.11. The Hall–Kier alpha value is -3.46. The highest BCUT2D eigenvalue weighted by molar-refractivity contribution is 7.99. The zero-order chi connectivity index (χ0) is 25.4. The van der Waals surface area contributed by atoms with Crippen molar-refractivity contribution in [2.24, 2.45) is 5.92 Å². The van der Waals surface area contributed by atoms with Crippen molar-refractivity contribution < 1.29 is 14.3 Å². The first kappa shape index (κ1) is 26.2. The number of amides is 2. The zero-order valence-corrected chi connectivity index (χ0v) is 21.5. The molecule has 184 valence electrons. The van der Waals surface area contributed by atoms with Gasteiger partial charge in [-0.25, -0.2) is 9.97 Å². The molecule has 2 heterocycles. The Morgan fingerprint density at radius 3 is 2.34 bits per heavy atom. The standard InChI is InChI=1S/C26H31N5O3S/c1-17(2)24(25(33)30-21-8-10-22(34-5)11-9-21)31(15-20-7-6-12-27-14-20)23(32)16-35-26-28-18(3)13-19(4)29-26/h6-14,17,24H,15-16H2,1-5H3,(H,30,33)/t24-/m0/s1. The zero-order valence-electron chi connectivity index (χ0n) is 20.7. The van der Waals surface area contributed by atoms with Crippen molar-refractivity contribution in [1.29, 1.82) is 0 Å². The maximum atomic E-state index is 13.5. The number of aryl methyl sites for hydroxylation is 2. The van der Waals surface area contributed by atoms with Crippen LogP contribution in [0.15, 0.2) is 60.0 Å². The van der Waals surface area contributed by atoms with Gasteiger partial charge >= 0.3 is 0 Å². The highest BCUT2D eigenvalue weighted by atomic mass is 32.2. The van der Waals surface area contributed by atoms with Gasteiger partial charge in [-0.15, -0.1) is 0 Å². The van der Waals surface area contributed by atoms with Gasteiger partial charge in [0.2, 0.25) is 11.8 Å². The highest BCUT2D eigenvalue weighted by Crippen LogP contribution is 2.22. The molecular formula is C26H31N5O3S.